The highest BCUT2D eigenvalue weighted by atomic mass is 32.1. The second kappa shape index (κ2) is 3.61. The minimum Gasteiger partial charge on any atom is -0.285 e. The first kappa shape index (κ1) is 9.52. The van der Waals surface area contributed by atoms with E-state index in [0.717, 1.165) is 17.7 Å². The summed E-state index contributed by atoms with van der Waals surface area (Å²) in [5.74, 6) is 0. The molecule has 0 fully saturated rings. The Labute approximate surface area is 89.1 Å². The smallest absolute Gasteiger partial charge is 0.0763 e. The van der Waals surface area contributed by atoms with Crippen LogP contribution >= 0.6 is 12.8 Å². The third-order valence-electron chi connectivity index (χ3n) is 2.23. The molecule has 0 aliphatic carbocycles. The highest BCUT2D eigenvalue weighted by molar-refractivity contribution is 7.78. The van der Waals surface area contributed by atoms with Crippen molar-refractivity contribution in [3.05, 3.63) is 29.1 Å². The number of hydrogen-bond donors (Lipinski definition) is 1. The summed E-state index contributed by atoms with van der Waals surface area (Å²) in [5, 5.41) is 4.28. The van der Waals surface area contributed by atoms with Gasteiger partial charge in [0.25, 0.3) is 0 Å². The fraction of sp³-hybridized carbons (Fsp3) is 0.400. The third kappa shape index (κ3) is 1.90. The molecule has 1 aliphatic heterocycles. The van der Waals surface area contributed by atoms with E-state index >= 15 is 0 Å². The summed E-state index contributed by atoms with van der Waals surface area (Å²) in [6.45, 7) is 4.19. The van der Waals surface area contributed by atoms with Crippen LogP contribution in [0.5, 0.6) is 0 Å². The van der Waals surface area contributed by atoms with Crippen molar-refractivity contribution in [2.24, 2.45) is 4.99 Å². The molecule has 0 bridgehead atoms. The zero-order valence-electron chi connectivity index (χ0n) is 8.31. The number of nitrogens with zero attached hydrogens (tertiary/aromatic N) is 3. The van der Waals surface area contributed by atoms with Gasteiger partial charge >= 0.3 is 0 Å². The first-order valence-electron chi connectivity index (χ1n) is 4.63. The van der Waals surface area contributed by atoms with E-state index in [4.69, 9.17) is 0 Å². The van der Waals surface area contributed by atoms with Crippen LogP contribution in [0, 0.1) is 0 Å². The van der Waals surface area contributed by atoms with Crippen molar-refractivity contribution in [2.75, 3.05) is 0 Å². The summed E-state index contributed by atoms with van der Waals surface area (Å²) < 4.78 is 1.54. The maximum absolute atomic E-state index is 4.40. The fourth-order valence-electron chi connectivity index (χ4n) is 1.63. The lowest BCUT2D eigenvalue weighted by molar-refractivity contribution is 0.887. The first-order chi connectivity index (χ1) is 6.65. The zero-order valence-corrected chi connectivity index (χ0v) is 9.20. The number of fused-ring (bicyclic) bond motifs is 1. The largest absolute Gasteiger partial charge is 0.285 e. The van der Waals surface area contributed by atoms with Gasteiger partial charge < -0.3 is 0 Å². The van der Waals surface area contributed by atoms with Crippen molar-refractivity contribution in [1.29, 1.82) is 0 Å². The minimum absolute atomic E-state index is 0.256. The highest BCUT2D eigenvalue weighted by Gasteiger charge is 2.09. The van der Waals surface area contributed by atoms with Crippen molar-refractivity contribution in [2.45, 2.75) is 26.3 Å². The lowest BCUT2D eigenvalue weighted by atomic mass is 10.1. The monoisotopic (exact) mass is 207 g/mol. The number of thiol groups is 1. The molecule has 1 aromatic heterocycles. The molecule has 0 aromatic carbocycles. The fourth-order valence-corrected chi connectivity index (χ4v) is 1.86. The molecule has 3 nitrogen and oxygen atoms in total. The van der Waals surface area contributed by atoms with Gasteiger partial charge in [-0.2, -0.15) is 5.10 Å². The third-order valence-corrected chi connectivity index (χ3v) is 2.44. The molecule has 14 heavy (non-hydrogen) atoms. The number of aromatic nitrogens is 2. The van der Waals surface area contributed by atoms with Crippen LogP contribution in [-0.4, -0.2) is 21.4 Å². The Morgan fingerprint density at radius 2 is 2.36 bits per heavy atom. The Balaban J connectivity index is 2.44. The quantitative estimate of drug-likeness (QED) is 0.511. The maximum Gasteiger partial charge on any atom is 0.0763 e. The van der Waals surface area contributed by atoms with Gasteiger partial charge in [0.15, 0.2) is 0 Å². The molecular formula is C10H13N3S. The number of hydrogen-bond acceptors (Lipinski definition) is 3. The summed E-state index contributed by atoms with van der Waals surface area (Å²) in [5.41, 5.74) is 3.42. The molecule has 1 aromatic rings. The first-order valence-corrected chi connectivity index (χ1v) is 5.03. The van der Waals surface area contributed by atoms with Crippen LogP contribution in [0.3, 0.4) is 0 Å². The van der Waals surface area contributed by atoms with Gasteiger partial charge in [0, 0.05) is 24.4 Å². The second-order valence-electron chi connectivity index (χ2n) is 3.66. The average molecular weight is 207 g/mol. The van der Waals surface area contributed by atoms with Crippen molar-refractivity contribution >= 4 is 19.0 Å². The molecule has 1 atom stereocenters. The van der Waals surface area contributed by atoms with Gasteiger partial charge in [-0.15, -0.1) is 0 Å². The van der Waals surface area contributed by atoms with E-state index in [-0.39, 0.29) is 6.04 Å². The minimum atomic E-state index is 0.256. The van der Waals surface area contributed by atoms with Gasteiger partial charge in [-0.25, -0.2) is 4.09 Å². The van der Waals surface area contributed by atoms with Crippen LogP contribution in [0.4, 0.5) is 0 Å². The summed E-state index contributed by atoms with van der Waals surface area (Å²) >= 11 is 4.16. The summed E-state index contributed by atoms with van der Waals surface area (Å²) in [6, 6.07) is 0.256. The molecule has 0 amide bonds. The topological polar surface area (TPSA) is 30.2 Å². The van der Waals surface area contributed by atoms with Gasteiger partial charge in [0.1, 0.15) is 0 Å². The van der Waals surface area contributed by atoms with E-state index in [1.165, 1.54) is 5.57 Å². The van der Waals surface area contributed by atoms with E-state index < -0.39 is 0 Å². The molecule has 0 spiro atoms. The molecule has 2 heterocycles. The lowest BCUT2D eigenvalue weighted by Gasteiger charge is -2.06. The van der Waals surface area contributed by atoms with E-state index in [1.807, 2.05) is 12.4 Å². The maximum atomic E-state index is 4.40. The average Bonchev–Trinajstić information content (AvgIpc) is 2.40. The zero-order chi connectivity index (χ0) is 10.1. The molecule has 74 valence electrons. The van der Waals surface area contributed by atoms with Crippen LogP contribution in [-0.2, 0) is 6.42 Å². The van der Waals surface area contributed by atoms with Crippen LogP contribution in [0.25, 0.3) is 0 Å². The molecule has 4 heteroatoms. The van der Waals surface area contributed by atoms with Crippen LogP contribution in [0.2, 0.25) is 0 Å². The molecule has 1 unspecified atom stereocenters. The summed E-state index contributed by atoms with van der Waals surface area (Å²) in [7, 11) is 0. The van der Waals surface area contributed by atoms with Gasteiger partial charge in [0.05, 0.1) is 11.7 Å². The number of aliphatic imine (C=N–C) groups is 1. The molecule has 0 saturated heterocycles. The number of allylic oxidation sites excluding steroid dienone is 1. The predicted octanol–water partition coefficient (Wildman–Crippen LogP) is 1.89. The normalized spacial score (nSPS) is 24.8. The van der Waals surface area contributed by atoms with Crippen LogP contribution < -0.4 is 0 Å². The Bertz CT molecular complexity index is 403. The van der Waals surface area contributed by atoms with E-state index in [2.05, 4.69) is 42.8 Å². The van der Waals surface area contributed by atoms with E-state index in [9.17, 15) is 0 Å². The molecule has 1 aliphatic rings. The lowest BCUT2D eigenvalue weighted by Crippen LogP contribution is -2.02. The van der Waals surface area contributed by atoms with Crippen molar-refractivity contribution in [1.82, 2.24) is 9.19 Å². The Morgan fingerprint density at radius 3 is 3.14 bits per heavy atom. The van der Waals surface area contributed by atoms with Crippen molar-refractivity contribution < 1.29 is 0 Å². The van der Waals surface area contributed by atoms with Gasteiger partial charge in [-0.05, 0) is 26.7 Å². The predicted molar refractivity (Wildman–Crippen MR) is 61.1 cm³/mol. The Kier molecular flexibility index (Phi) is 2.46. The Morgan fingerprint density at radius 1 is 1.57 bits per heavy atom. The molecule has 0 saturated carbocycles. The van der Waals surface area contributed by atoms with Crippen LogP contribution in [0.15, 0.2) is 22.8 Å². The van der Waals surface area contributed by atoms with E-state index in [1.54, 1.807) is 4.09 Å². The molecule has 2 rings (SSSR count). The second-order valence-corrected chi connectivity index (χ2v) is 4.07. The van der Waals surface area contributed by atoms with Gasteiger partial charge in [0.2, 0.25) is 0 Å². The highest BCUT2D eigenvalue weighted by Crippen LogP contribution is 2.14. The molecule has 0 radical (unpaired) electrons. The Hall–Kier alpha value is -1.03. The van der Waals surface area contributed by atoms with Gasteiger partial charge in [-0.3, -0.25) is 4.99 Å². The van der Waals surface area contributed by atoms with Crippen molar-refractivity contribution in [3.8, 4) is 0 Å². The standard InChI is InChI=1S/C10H13N3S/c1-7-3-8(2)11-5-9-6-13(14)12-10(9)4-7/h3,5-6,8,14H,4H2,1-2H3/b7-3-,11-5?. The van der Waals surface area contributed by atoms with Crippen molar-refractivity contribution in [3.63, 3.8) is 0 Å². The summed E-state index contributed by atoms with van der Waals surface area (Å²) in [6.07, 6.45) is 6.81. The molecular weight excluding hydrogens is 194 g/mol. The van der Waals surface area contributed by atoms with Crippen LogP contribution in [0.1, 0.15) is 25.1 Å². The number of rotatable bonds is 0. The van der Waals surface area contributed by atoms with Gasteiger partial charge in [-0.1, -0.05) is 11.6 Å². The molecule has 0 N–H and O–H groups in total. The summed E-state index contributed by atoms with van der Waals surface area (Å²) in [4.78, 5) is 4.40. The van der Waals surface area contributed by atoms with E-state index in [0.29, 0.717) is 0 Å². The SMILES string of the molecule is C/C1=C/C(C)N=Cc2cn(S)nc2C1.